The maximum absolute atomic E-state index is 12.9. The molecule has 1 heterocycles. The van der Waals surface area contributed by atoms with Crippen molar-refractivity contribution in [3.8, 4) is 0 Å². The van der Waals surface area contributed by atoms with Crippen LogP contribution >= 0.6 is 15.9 Å². The highest BCUT2D eigenvalue weighted by Gasteiger charge is 2.16. The topological polar surface area (TPSA) is 62.0 Å². The molecule has 1 amide bonds. The molecule has 122 valence electrons. The highest BCUT2D eigenvalue weighted by atomic mass is 79.9. The summed E-state index contributed by atoms with van der Waals surface area (Å²) < 4.78 is 13.3. The SMILES string of the molecule is CCC(Cc1ccc(F)cc1)NC(=O)c1cc(Br)c(=O)[nH]c1C. The molecule has 1 aromatic carbocycles. The van der Waals surface area contributed by atoms with Crippen molar-refractivity contribution in [1.29, 1.82) is 0 Å². The number of rotatable bonds is 5. The fourth-order valence-corrected chi connectivity index (χ4v) is 2.63. The van der Waals surface area contributed by atoms with Gasteiger partial charge in [0.2, 0.25) is 0 Å². The van der Waals surface area contributed by atoms with Crippen molar-refractivity contribution in [1.82, 2.24) is 10.3 Å². The summed E-state index contributed by atoms with van der Waals surface area (Å²) in [4.78, 5) is 26.6. The van der Waals surface area contributed by atoms with Gasteiger partial charge in [0.1, 0.15) is 5.82 Å². The molecule has 0 bridgehead atoms. The minimum atomic E-state index is -0.278. The third kappa shape index (κ3) is 4.51. The highest BCUT2D eigenvalue weighted by Crippen LogP contribution is 2.12. The predicted molar refractivity (Wildman–Crippen MR) is 91.1 cm³/mol. The van der Waals surface area contributed by atoms with Crippen LogP contribution in [0.4, 0.5) is 4.39 Å². The fourth-order valence-electron chi connectivity index (χ4n) is 2.30. The molecule has 1 aromatic heterocycles. The standard InChI is InChI=1S/C17H18BrFN2O2/c1-3-13(8-11-4-6-12(19)7-5-11)21-16(22)14-9-15(18)17(23)20-10(14)2/h4-7,9,13H,3,8H2,1-2H3,(H,20,23)(H,21,22). The van der Waals surface area contributed by atoms with Crippen LogP contribution in [0.1, 0.15) is 35.0 Å². The van der Waals surface area contributed by atoms with Gasteiger partial charge in [-0.2, -0.15) is 0 Å². The van der Waals surface area contributed by atoms with Crippen molar-refractivity contribution >= 4 is 21.8 Å². The molecule has 4 nitrogen and oxygen atoms in total. The number of aromatic amines is 1. The van der Waals surface area contributed by atoms with Gasteiger partial charge in [-0.1, -0.05) is 19.1 Å². The number of halogens is 2. The number of carbonyl (C=O) groups excluding carboxylic acids is 1. The third-order valence-electron chi connectivity index (χ3n) is 3.66. The first-order valence-corrected chi connectivity index (χ1v) is 8.14. The maximum atomic E-state index is 12.9. The van der Waals surface area contributed by atoms with E-state index < -0.39 is 0 Å². The van der Waals surface area contributed by atoms with Crippen LogP contribution in [0.25, 0.3) is 0 Å². The maximum Gasteiger partial charge on any atom is 0.262 e. The molecule has 0 aliphatic rings. The normalized spacial score (nSPS) is 12.0. The lowest BCUT2D eigenvalue weighted by atomic mass is 10.0. The number of hydrogen-bond acceptors (Lipinski definition) is 2. The summed E-state index contributed by atoms with van der Waals surface area (Å²) in [7, 11) is 0. The molecular formula is C17H18BrFN2O2. The molecule has 0 aliphatic carbocycles. The van der Waals surface area contributed by atoms with Crippen LogP contribution < -0.4 is 10.9 Å². The van der Waals surface area contributed by atoms with E-state index in [0.717, 1.165) is 12.0 Å². The molecule has 1 atom stereocenters. The number of hydrogen-bond donors (Lipinski definition) is 2. The van der Waals surface area contributed by atoms with E-state index in [4.69, 9.17) is 0 Å². The summed E-state index contributed by atoms with van der Waals surface area (Å²) in [6.07, 6.45) is 1.36. The van der Waals surface area contributed by atoms with Gasteiger partial charge in [0.15, 0.2) is 0 Å². The Kier molecular flexibility index (Phi) is 5.71. The van der Waals surface area contributed by atoms with Crippen LogP contribution in [0.5, 0.6) is 0 Å². The van der Waals surface area contributed by atoms with Gasteiger partial charge in [0.05, 0.1) is 10.0 Å². The Morgan fingerprint density at radius 1 is 1.35 bits per heavy atom. The molecule has 0 fully saturated rings. The van der Waals surface area contributed by atoms with Crippen LogP contribution in [-0.2, 0) is 6.42 Å². The molecule has 0 aliphatic heterocycles. The van der Waals surface area contributed by atoms with Crippen molar-refractivity contribution in [3.63, 3.8) is 0 Å². The molecular weight excluding hydrogens is 363 g/mol. The summed E-state index contributed by atoms with van der Waals surface area (Å²) in [5.41, 5.74) is 1.64. The second-order valence-corrected chi connectivity index (χ2v) is 6.25. The summed E-state index contributed by atoms with van der Waals surface area (Å²) >= 11 is 3.13. The third-order valence-corrected chi connectivity index (χ3v) is 4.25. The van der Waals surface area contributed by atoms with E-state index in [1.54, 1.807) is 19.1 Å². The Morgan fingerprint density at radius 3 is 2.61 bits per heavy atom. The number of amides is 1. The van der Waals surface area contributed by atoms with Gasteiger partial charge in [-0.3, -0.25) is 9.59 Å². The van der Waals surface area contributed by atoms with Gasteiger partial charge in [-0.15, -0.1) is 0 Å². The summed E-state index contributed by atoms with van der Waals surface area (Å²) in [5.74, 6) is -0.520. The molecule has 6 heteroatoms. The first-order chi connectivity index (χ1) is 10.9. The van der Waals surface area contributed by atoms with Crippen LogP contribution in [0.3, 0.4) is 0 Å². The van der Waals surface area contributed by atoms with Crippen molar-refractivity contribution < 1.29 is 9.18 Å². The van der Waals surface area contributed by atoms with Gasteiger partial charge in [-0.25, -0.2) is 4.39 Å². The van der Waals surface area contributed by atoms with Crippen molar-refractivity contribution in [2.45, 2.75) is 32.7 Å². The largest absolute Gasteiger partial charge is 0.349 e. The zero-order valence-corrected chi connectivity index (χ0v) is 14.5. The van der Waals surface area contributed by atoms with E-state index in [9.17, 15) is 14.0 Å². The number of aromatic nitrogens is 1. The van der Waals surface area contributed by atoms with Crippen molar-refractivity contribution in [2.24, 2.45) is 0 Å². The average Bonchev–Trinajstić information content (AvgIpc) is 2.52. The lowest BCUT2D eigenvalue weighted by Crippen LogP contribution is -2.36. The van der Waals surface area contributed by atoms with Crippen LogP contribution in [-0.4, -0.2) is 16.9 Å². The summed E-state index contributed by atoms with van der Waals surface area (Å²) in [6, 6.07) is 7.70. The Balaban J connectivity index is 2.12. The average molecular weight is 381 g/mol. The first-order valence-electron chi connectivity index (χ1n) is 7.35. The molecule has 1 unspecified atom stereocenters. The van der Waals surface area contributed by atoms with Gasteiger partial charge >= 0.3 is 0 Å². The summed E-state index contributed by atoms with van der Waals surface area (Å²) in [6.45, 7) is 3.66. The molecule has 23 heavy (non-hydrogen) atoms. The molecule has 2 N–H and O–H groups in total. The Hall–Kier alpha value is -1.95. The van der Waals surface area contributed by atoms with Crippen LogP contribution in [0, 0.1) is 12.7 Å². The number of carbonyl (C=O) groups is 1. The zero-order chi connectivity index (χ0) is 17.0. The fraction of sp³-hybridized carbons (Fsp3) is 0.294. The molecule has 0 saturated heterocycles. The molecule has 0 radical (unpaired) electrons. The quantitative estimate of drug-likeness (QED) is 0.835. The van der Waals surface area contributed by atoms with E-state index in [1.807, 2.05) is 6.92 Å². The van der Waals surface area contributed by atoms with E-state index in [1.165, 1.54) is 18.2 Å². The predicted octanol–water partition coefficient (Wildman–Crippen LogP) is 3.34. The van der Waals surface area contributed by atoms with Gasteiger partial charge in [-0.05, 0) is 59.5 Å². The smallest absolute Gasteiger partial charge is 0.262 e. The zero-order valence-electron chi connectivity index (χ0n) is 13.0. The second kappa shape index (κ2) is 7.55. The highest BCUT2D eigenvalue weighted by molar-refractivity contribution is 9.10. The van der Waals surface area contributed by atoms with Gasteiger partial charge in [0, 0.05) is 11.7 Å². The Bertz CT molecular complexity index is 756. The lowest BCUT2D eigenvalue weighted by molar-refractivity contribution is 0.0934. The minimum Gasteiger partial charge on any atom is -0.349 e. The number of pyridine rings is 1. The van der Waals surface area contributed by atoms with E-state index in [0.29, 0.717) is 22.2 Å². The number of H-pyrrole nitrogens is 1. The number of nitrogens with one attached hydrogen (secondary N) is 2. The number of aryl methyl sites for hydroxylation is 1. The van der Waals surface area contributed by atoms with Crippen LogP contribution in [0.2, 0.25) is 0 Å². The summed E-state index contributed by atoms with van der Waals surface area (Å²) in [5, 5.41) is 2.96. The van der Waals surface area contributed by atoms with E-state index >= 15 is 0 Å². The monoisotopic (exact) mass is 380 g/mol. The molecule has 0 spiro atoms. The Labute approximate surface area is 142 Å². The first kappa shape index (κ1) is 17.4. The van der Waals surface area contributed by atoms with Crippen LogP contribution in [0.15, 0.2) is 39.6 Å². The second-order valence-electron chi connectivity index (χ2n) is 5.39. The van der Waals surface area contributed by atoms with Crippen molar-refractivity contribution in [3.05, 3.63) is 67.8 Å². The van der Waals surface area contributed by atoms with Crippen molar-refractivity contribution in [2.75, 3.05) is 0 Å². The molecule has 2 aromatic rings. The van der Waals surface area contributed by atoms with E-state index in [2.05, 4.69) is 26.2 Å². The van der Waals surface area contributed by atoms with E-state index in [-0.39, 0.29) is 23.3 Å². The molecule has 0 saturated carbocycles. The lowest BCUT2D eigenvalue weighted by Gasteiger charge is -2.18. The number of benzene rings is 1. The van der Waals surface area contributed by atoms with Gasteiger partial charge < -0.3 is 10.3 Å². The molecule has 2 rings (SSSR count). The Morgan fingerprint density at radius 2 is 2.00 bits per heavy atom. The minimum absolute atomic E-state index is 0.0712. The van der Waals surface area contributed by atoms with Gasteiger partial charge in [0.25, 0.3) is 11.5 Å².